The smallest absolute Gasteiger partial charge is 0.231 e. The number of rotatable bonds is 7. The quantitative estimate of drug-likeness (QED) is 0.779. The van der Waals surface area contributed by atoms with Gasteiger partial charge < -0.3 is 24.3 Å². The standard InChI is InChI=1S/C21H27NO5/c1-20(24,14-16-6-5-11-27-16)15-22-19(23)21(9-12-26-13-10-21)17-7-3-4-8-18(17)25-2/h3-8,11,24H,9-10,12-15H2,1-2H3,(H,22,23). The van der Waals surface area contributed by atoms with Crippen LogP contribution in [-0.4, -0.2) is 43.5 Å². The van der Waals surface area contributed by atoms with Gasteiger partial charge in [-0.25, -0.2) is 0 Å². The molecule has 27 heavy (non-hydrogen) atoms. The fourth-order valence-corrected chi connectivity index (χ4v) is 3.67. The molecule has 1 amide bonds. The Morgan fingerprint density at radius 1 is 1.26 bits per heavy atom. The monoisotopic (exact) mass is 373 g/mol. The third-order valence-electron chi connectivity index (χ3n) is 5.17. The van der Waals surface area contributed by atoms with Crippen LogP contribution in [0.4, 0.5) is 0 Å². The van der Waals surface area contributed by atoms with Crippen molar-refractivity contribution in [2.75, 3.05) is 26.9 Å². The predicted molar refractivity (Wildman–Crippen MR) is 101 cm³/mol. The number of hydrogen-bond donors (Lipinski definition) is 2. The molecule has 1 unspecified atom stereocenters. The minimum absolute atomic E-state index is 0.116. The Morgan fingerprint density at radius 3 is 2.67 bits per heavy atom. The zero-order chi connectivity index (χ0) is 19.3. The summed E-state index contributed by atoms with van der Waals surface area (Å²) in [4.78, 5) is 13.3. The van der Waals surface area contributed by atoms with Gasteiger partial charge in [-0.3, -0.25) is 4.79 Å². The van der Waals surface area contributed by atoms with Crippen LogP contribution in [0.1, 0.15) is 31.1 Å². The Kier molecular flexibility index (Phi) is 5.87. The fourth-order valence-electron chi connectivity index (χ4n) is 3.67. The number of para-hydroxylation sites is 1. The summed E-state index contributed by atoms with van der Waals surface area (Å²) in [5, 5.41) is 13.6. The number of methoxy groups -OCH3 is 1. The van der Waals surface area contributed by atoms with Gasteiger partial charge in [-0.2, -0.15) is 0 Å². The van der Waals surface area contributed by atoms with Gasteiger partial charge in [0.25, 0.3) is 0 Å². The summed E-state index contributed by atoms with van der Waals surface area (Å²) in [6.45, 7) is 2.84. The fraction of sp³-hybridized carbons (Fsp3) is 0.476. The predicted octanol–water partition coefficient (Wildman–Crippen LogP) is 2.45. The molecular weight excluding hydrogens is 346 g/mol. The Balaban J connectivity index is 1.78. The first-order chi connectivity index (χ1) is 13.0. The molecule has 6 nitrogen and oxygen atoms in total. The Labute approximate surface area is 159 Å². The van der Waals surface area contributed by atoms with E-state index >= 15 is 0 Å². The second kappa shape index (κ2) is 8.15. The average molecular weight is 373 g/mol. The van der Waals surface area contributed by atoms with E-state index in [4.69, 9.17) is 13.9 Å². The van der Waals surface area contributed by atoms with E-state index in [-0.39, 0.29) is 12.5 Å². The molecule has 6 heteroatoms. The first-order valence-electron chi connectivity index (χ1n) is 9.21. The van der Waals surface area contributed by atoms with Gasteiger partial charge in [0.05, 0.1) is 24.4 Å². The zero-order valence-corrected chi connectivity index (χ0v) is 15.9. The largest absolute Gasteiger partial charge is 0.496 e. The topological polar surface area (TPSA) is 80.9 Å². The molecule has 2 heterocycles. The van der Waals surface area contributed by atoms with E-state index < -0.39 is 11.0 Å². The number of benzene rings is 1. The molecule has 1 aliphatic rings. The number of ether oxygens (including phenoxy) is 2. The summed E-state index contributed by atoms with van der Waals surface area (Å²) in [5.41, 5.74) is -0.981. The molecule has 0 aliphatic carbocycles. The minimum atomic E-state index is -1.11. The van der Waals surface area contributed by atoms with Gasteiger partial charge in [-0.15, -0.1) is 0 Å². The third kappa shape index (κ3) is 4.34. The van der Waals surface area contributed by atoms with Crippen LogP contribution in [0.2, 0.25) is 0 Å². The molecule has 1 aliphatic heterocycles. The number of amides is 1. The van der Waals surface area contributed by atoms with Crippen LogP contribution in [0.3, 0.4) is 0 Å². The molecule has 0 bridgehead atoms. The molecule has 146 valence electrons. The minimum Gasteiger partial charge on any atom is -0.496 e. The van der Waals surface area contributed by atoms with Crippen LogP contribution in [-0.2, 0) is 21.4 Å². The number of hydrogen-bond acceptors (Lipinski definition) is 5. The first-order valence-corrected chi connectivity index (χ1v) is 9.21. The first kappa shape index (κ1) is 19.5. The van der Waals surface area contributed by atoms with Crippen LogP contribution >= 0.6 is 0 Å². The molecule has 1 fully saturated rings. The van der Waals surface area contributed by atoms with Gasteiger partial charge in [0.15, 0.2) is 0 Å². The van der Waals surface area contributed by atoms with E-state index in [0.29, 0.717) is 44.0 Å². The Morgan fingerprint density at radius 2 is 2.00 bits per heavy atom. The lowest BCUT2D eigenvalue weighted by atomic mass is 9.72. The van der Waals surface area contributed by atoms with Crippen molar-refractivity contribution in [3.63, 3.8) is 0 Å². The number of aliphatic hydroxyl groups is 1. The molecule has 1 saturated heterocycles. The van der Waals surface area contributed by atoms with Gasteiger partial charge in [0.2, 0.25) is 5.91 Å². The van der Waals surface area contributed by atoms with Gasteiger partial charge in [0.1, 0.15) is 11.5 Å². The lowest BCUT2D eigenvalue weighted by Crippen LogP contribution is -2.52. The lowest BCUT2D eigenvalue weighted by molar-refractivity contribution is -0.131. The van der Waals surface area contributed by atoms with Crippen LogP contribution in [0.15, 0.2) is 47.1 Å². The molecular formula is C21H27NO5. The second-order valence-corrected chi connectivity index (χ2v) is 7.33. The summed E-state index contributed by atoms with van der Waals surface area (Å²) >= 11 is 0. The molecule has 1 aromatic carbocycles. The Bertz CT molecular complexity index is 748. The van der Waals surface area contributed by atoms with E-state index in [1.54, 1.807) is 26.4 Å². The lowest BCUT2D eigenvalue weighted by Gasteiger charge is -2.37. The highest BCUT2D eigenvalue weighted by Crippen LogP contribution is 2.40. The van der Waals surface area contributed by atoms with Gasteiger partial charge in [-0.1, -0.05) is 18.2 Å². The summed E-state index contributed by atoms with van der Waals surface area (Å²) in [5.74, 6) is 1.26. The van der Waals surface area contributed by atoms with Gasteiger partial charge >= 0.3 is 0 Å². The van der Waals surface area contributed by atoms with Crippen LogP contribution in [0.5, 0.6) is 5.75 Å². The van der Waals surface area contributed by atoms with Crippen LogP contribution in [0.25, 0.3) is 0 Å². The second-order valence-electron chi connectivity index (χ2n) is 7.33. The van der Waals surface area contributed by atoms with E-state index in [9.17, 15) is 9.90 Å². The third-order valence-corrected chi connectivity index (χ3v) is 5.17. The summed E-state index contributed by atoms with van der Waals surface area (Å²) in [7, 11) is 1.61. The van der Waals surface area contributed by atoms with Crippen molar-refractivity contribution in [2.24, 2.45) is 0 Å². The van der Waals surface area contributed by atoms with Gasteiger partial charge in [0, 0.05) is 31.7 Å². The molecule has 1 atom stereocenters. The Hall–Kier alpha value is -2.31. The highest BCUT2D eigenvalue weighted by Gasteiger charge is 2.44. The van der Waals surface area contributed by atoms with E-state index in [1.165, 1.54) is 0 Å². The van der Waals surface area contributed by atoms with Crippen molar-refractivity contribution in [1.82, 2.24) is 5.32 Å². The summed E-state index contributed by atoms with van der Waals surface area (Å²) < 4.78 is 16.3. The van der Waals surface area contributed by atoms with E-state index in [0.717, 1.165) is 5.56 Å². The van der Waals surface area contributed by atoms with Crippen molar-refractivity contribution in [3.05, 3.63) is 54.0 Å². The highest BCUT2D eigenvalue weighted by molar-refractivity contribution is 5.89. The van der Waals surface area contributed by atoms with Crippen molar-refractivity contribution in [1.29, 1.82) is 0 Å². The number of furan rings is 1. The van der Waals surface area contributed by atoms with Crippen molar-refractivity contribution >= 4 is 5.91 Å². The number of carbonyl (C=O) groups is 1. The number of carbonyl (C=O) groups excluding carboxylic acids is 1. The van der Waals surface area contributed by atoms with E-state index in [1.807, 2.05) is 30.3 Å². The maximum Gasteiger partial charge on any atom is 0.231 e. The van der Waals surface area contributed by atoms with E-state index in [2.05, 4.69) is 5.32 Å². The molecule has 0 radical (unpaired) electrons. The SMILES string of the molecule is COc1ccccc1C1(C(=O)NCC(C)(O)Cc2ccco2)CCOCC1. The van der Waals surface area contributed by atoms with Crippen LogP contribution in [0, 0.1) is 0 Å². The molecule has 0 saturated carbocycles. The molecule has 3 rings (SSSR count). The highest BCUT2D eigenvalue weighted by atomic mass is 16.5. The van der Waals surface area contributed by atoms with Crippen molar-refractivity contribution < 1.29 is 23.8 Å². The van der Waals surface area contributed by atoms with Crippen LogP contribution < -0.4 is 10.1 Å². The average Bonchev–Trinajstić information content (AvgIpc) is 3.19. The van der Waals surface area contributed by atoms with Crippen molar-refractivity contribution in [2.45, 2.75) is 37.2 Å². The number of nitrogens with one attached hydrogen (secondary N) is 1. The zero-order valence-electron chi connectivity index (χ0n) is 15.9. The molecule has 2 N–H and O–H groups in total. The molecule has 1 aromatic heterocycles. The maximum absolute atomic E-state index is 13.3. The maximum atomic E-state index is 13.3. The van der Waals surface area contributed by atoms with Crippen molar-refractivity contribution in [3.8, 4) is 5.75 Å². The van der Waals surface area contributed by atoms with Gasteiger partial charge in [-0.05, 0) is 38.0 Å². The molecule has 2 aromatic rings. The summed E-state index contributed by atoms with van der Waals surface area (Å²) in [6, 6.07) is 11.2. The molecule has 0 spiro atoms. The normalized spacial score (nSPS) is 18.5. The summed E-state index contributed by atoms with van der Waals surface area (Å²) in [6.07, 6.45) is 3.03.